The van der Waals surface area contributed by atoms with Crippen LogP contribution in [0.4, 0.5) is 0 Å². The zero-order chi connectivity index (χ0) is 16.2. The van der Waals surface area contributed by atoms with Crippen molar-refractivity contribution in [2.45, 2.75) is 51.7 Å². The van der Waals surface area contributed by atoms with Crippen molar-refractivity contribution >= 4 is 11.7 Å². The van der Waals surface area contributed by atoms with E-state index in [0.717, 1.165) is 36.1 Å². The highest BCUT2D eigenvalue weighted by Gasteiger charge is 2.29. The fraction of sp³-hybridized carbons (Fsp3) is 0.611. The van der Waals surface area contributed by atoms with E-state index in [0.29, 0.717) is 37.8 Å². The molecule has 0 unspecified atom stereocenters. The predicted octanol–water partition coefficient (Wildman–Crippen LogP) is 2.70. The van der Waals surface area contributed by atoms with Crippen LogP contribution in [-0.4, -0.2) is 36.5 Å². The molecule has 2 heterocycles. The zero-order valence-electron chi connectivity index (χ0n) is 13.9. The van der Waals surface area contributed by atoms with Gasteiger partial charge < -0.3 is 9.47 Å². The van der Waals surface area contributed by atoms with E-state index in [9.17, 15) is 4.79 Å². The van der Waals surface area contributed by atoms with Gasteiger partial charge in [0.15, 0.2) is 0 Å². The summed E-state index contributed by atoms with van der Waals surface area (Å²) in [5, 5.41) is 0. The summed E-state index contributed by atoms with van der Waals surface area (Å²) >= 11 is 0. The van der Waals surface area contributed by atoms with Gasteiger partial charge in [0.2, 0.25) is 5.90 Å². The fourth-order valence-electron chi connectivity index (χ4n) is 3.58. The number of pyridine rings is 1. The smallest absolute Gasteiger partial charge is 0.218 e. The van der Waals surface area contributed by atoms with Gasteiger partial charge in [0, 0.05) is 31.8 Å². The highest BCUT2D eigenvalue weighted by atomic mass is 16.5. The number of hydrogen-bond donors (Lipinski definition) is 0. The van der Waals surface area contributed by atoms with Crippen LogP contribution in [0.15, 0.2) is 17.3 Å². The summed E-state index contributed by atoms with van der Waals surface area (Å²) in [5.74, 6) is 1.28. The number of nitrogens with zero attached hydrogens (tertiary/aromatic N) is 2. The molecule has 23 heavy (non-hydrogen) atoms. The van der Waals surface area contributed by atoms with E-state index in [-0.39, 0.29) is 11.9 Å². The predicted molar refractivity (Wildman–Crippen MR) is 87.6 cm³/mol. The Hall–Kier alpha value is -1.75. The van der Waals surface area contributed by atoms with Gasteiger partial charge in [0.1, 0.15) is 5.78 Å². The number of aromatic nitrogens is 1. The Labute approximate surface area is 137 Å². The molecule has 124 valence electrons. The molecule has 0 bridgehead atoms. The van der Waals surface area contributed by atoms with Crippen molar-refractivity contribution in [1.82, 2.24) is 4.98 Å². The van der Waals surface area contributed by atoms with Crippen molar-refractivity contribution in [3.05, 3.63) is 29.1 Å². The highest BCUT2D eigenvalue weighted by Crippen LogP contribution is 2.31. The maximum atomic E-state index is 12.3. The highest BCUT2D eigenvalue weighted by molar-refractivity contribution is 5.97. The lowest BCUT2D eigenvalue weighted by Gasteiger charge is -2.17. The number of hydrogen-bond acceptors (Lipinski definition) is 5. The quantitative estimate of drug-likeness (QED) is 0.809. The van der Waals surface area contributed by atoms with Gasteiger partial charge in [0.05, 0.1) is 24.8 Å². The Morgan fingerprint density at radius 3 is 3.04 bits per heavy atom. The number of rotatable bonds is 6. The lowest BCUT2D eigenvalue weighted by atomic mass is 9.96. The molecule has 0 N–H and O–H groups in total. The summed E-state index contributed by atoms with van der Waals surface area (Å²) < 4.78 is 11.0. The van der Waals surface area contributed by atoms with Crippen molar-refractivity contribution in [1.29, 1.82) is 0 Å². The molecule has 1 aromatic rings. The summed E-state index contributed by atoms with van der Waals surface area (Å²) in [6, 6.07) is 1.99. The van der Waals surface area contributed by atoms with Gasteiger partial charge >= 0.3 is 0 Å². The number of fused-ring (bicyclic) bond motifs is 1. The van der Waals surface area contributed by atoms with Gasteiger partial charge in [-0.2, -0.15) is 0 Å². The Morgan fingerprint density at radius 2 is 2.26 bits per heavy atom. The van der Waals surface area contributed by atoms with E-state index in [1.807, 2.05) is 13.0 Å². The Kier molecular flexibility index (Phi) is 5.06. The molecule has 2 aliphatic rings. The number of carbonyl (C=O) groups excluding carboxylic acids is 1. The summed E-state index contributed by atoms with van der Waals surface area (Å²) in [4.78, 5) is 21.1. The first-order valence-corrected chi connectivity index (χ1v) is 8.41. The van der Waals surface area contributed by atoms with E-state index < -0.39 is 0 Å². The monoisotopic (exact) mass is 316 g/mol. The molecule has 0 spiro atoms. The molecule has 1 saturated carbocycles. The van der Waals surface area contributed by atoms with Gasteiger partial charge in [-0.15, -0.1) is 0 Å². The van der Waals surface area contributed by atoms with E-state index in [1.54, 1.807) is 13.3 Å². The third-order valence-electron chi connectivity index (χ3n) is 4.71. The minimum atomic E-state index is 0.245. The summed E-state index contributed by atoms with van der Waals surface area (Å²) in [5.41, 5.74) is 2.88. The molecule has 5 heteroatoms. The van der Waals surface area contributed by atoms with E-state index in [4.69, 9.17) is 9.47 Å². The van der Waals surface area contributed by atoms with Crippen LogP contribution in [0.1, 0.15) is 49.4 Å². The third-order valence-corrected chi connectivity index (χ3v) is 4.71. The first-order valence-electron chi connectivity index (χ1n) is 8.41. The number of Topliss-reactive ketones (excluding diaryl/α,β-unsaturated/α-hetero) is 1. The Balaban J connectivity index is 1.60. The summed E-state index contributed by atoms with van der Waals surface area (Å²) in [6.45, 7) is 3.15. The van der Waals surface area contributed by atoms with Crippen LogP contribution >= 0.6 is 0 Å². The molecule has 0 saturated heterocycles. The molecular formula is C18H24N2O3. The summed E-state index contributed by atoms with van der Waals surface area (Å²) in [6.07, 6.45) is 6.34. The third kappa shape index (κ3) is 3.61. The summed E-state index contributed by atoms with van der Waals surface area (Å²) in [7, 11) is 1.74. The lowest BCUT2D eigenvalue weighted by molar-refractivity contribution is -0.120. The van der Waals surface area contributed by atoms with Gasteiger partial charge in [-0.3, -0.25) is 9.78 Å². The molecule has 1 aliphatic carbocycles. The minimum Gasteiger partial charge on any atom is -0.478 e. The SMILES string of the molecule is CCOC1=NCc2cc(CC(=O)C[C@@H]3CCC[C@H]3OC)ncc21. The molecule has 0 amide bonds. The molecule has 5 nitrogen and oxygen atoms in total. The van der Waals surface area contributed by atoms with Crippen LogP contribution in [0.2, 0.25) is 0 Å². The van der Waals surface area contributed by atoms with Gasteiger partial charge in [-0.1, -0.05) is 6.42 Å². The van der Waals surface area contributed by atoms with Crippen molar-refractivity contribution in [2.75, 3.05) is 13.7 Å². The zero-order valence-corrected chi connectivity index (χ0v) is 13.9. The lowest BCUT2D eigenvalue weighted by Crippen LogP contribution is -2.20. The van der Waals surface area contributed by atoms with Crippen LogP contribution in [0.25, 0.3) is 0 Å². The number of aliphatic imine (C=N–C) groups is 1. The van der Waals surface area contributed by atoms with E-state index in [1.165, 1.54) is 0 Å². The number of carbonyl (C=O) groups is 1. The molecule has 2 atom stereocenters. The molecule has 1 aromatic heterocycles. The molecule has 3 rings (SSSR count). The fourth-order valence-corrected chi connectivity index (χ4v) is 3.58. The molecular weight excluding hydrogens is 292 g/mol. The van der Waals surface area contributed by atoms with E-state index >= 15 is 0 Å². The van der Waals surface area contributed by atoms with Gasteiger partial charge in [0.25, 0.3) is 0 Å². The largest absolute Gasteiger partial charge is 0.478 e. The average molecular weight is 316 g/mol. The van der Waals surface area contributed by atoms with Gasteiger partial charge in [-0.05, 0) is 37.3 Å². The molecule has 1 fully saturated rings. The molecule has 0 radical (unpaired) electrons. The second kappa shape index (κ2) is 7.21. The van der Waals surface area contributed by atoms with Crippen LogP contribution in [0, 0.1) is 5.92 Å². The number of methoxy groups -OCH3 is 1. The van der Waals surface area contributed by atoms with E-state index in [2.05, 4.69) is 9.98 Å². The maximum absolute atomic E-state index is 12.3. The standard InChI is InChI=1S/C18H24N2O3/c1-3-23-18-16-11-19-14(7-13(16)10-20-18)9-15(21)8-12-5-4-6-17(12)22-2/h7,11-12,17H,3-6,8-10H2,1-2H3/t12-,17+/m0/s1. The van der Waals surface area contributed by atoms with Crippen LogP contribution in [0.3, 0.4) is 0 Å². The normalized spacial score (nSPS) is 22.8. The number of ether oxygens (including phenoxy) is 2. The minimum absolute atomic E-state index is 0.245. The molecule has 0 aromatic carbocycles. The Morgan fingerprint density at radius 1 is 1.39 bits per heavy atom. The van der Waals surface area contributed by atoms with Crippen LogP contribution in [0.5, 0.6) is 0 Å². The first-order chi connectivity index (χ1) is 11.2. The maximum Gasteiger partial charge on any atom is 0.218 e. The second-order valence-electron chi connectivity index (χ2n) is 6.27. The number of ketones is 1. The average Bonchev–Trinajstić information content (AvgIpc) is 3.14. The van der Waals surface area contributed by atoms with Crippen molar-refractivity contribution in [3.8, 4) is 0 Å². The van der Waals surface area contributed by atoms with Crippen molar-refractivity contribution < 1.29 is 14.3 Å². The van der Waals surface area contributed by atoms with Gasteiger partial charge in [-0.25, -0.2) is 4.99 Å². The topological polar surface area (TPSA) is 60.8 Å². The van der Waals surface area contributed by atoms with Crippen molar-refractivity contribution in [3.63, 3.8) is 0 Å². The molecule has 1 aliphatic heterocycles. The van der Waals surface area contributed by atoms with Crippen LogP contribution in [-0.2, 0) is 27.2 Å². The van der Waals surface area contributed by atoms with Crippen LogP contribution < -0.4 is 0 Å². The van der Waals surface area contributed by atoms with Crippen molar-refractivity contribution in [2.24, 2.45) is 10.9 Å². The second-order valence-corrected chi connectivity index (χ2v) is 6.27. The Bertz CT molecular complexity index is 612. The first kappa shape index (κ1) is 16.1.